The van der Waals surface area contributed by atoms with Crippen LogP contribution in [0, 0.1) is 0 Å². The largest absolute Gasteiger partial charge is 0.335 e. The summed E-state index contributed by atoms with van der Waals surface area (Å²) < 4.78 is 24.3. The molecular weight excluding hydrogens is 304 g/mol. The Hall–Kier alpha value is -1.67. The maximum atomic E-state index is 12.0. The monoisotopic (exact) mass is 326 g/mol. The second-order valence-corrected chi connectivity index (χ2v) is 7.51. The standard InChI is InChI=1S/C14H22N4O3S/c1-11(13-5-3-4-8-15-13)16-14(19)17-12-6-9-18(10-7-12)22(2,20)21/h3-5,8,11-12H,6-7,9-10H2,1-2H3,(H2,16,17,19)/t11-/m0/s1. The average Bonchev–Trinajstić information content (AvgIpc) is 2.47. The number of sulfonamides is 1. The van der Waals surface area contributed by atoms with Crippen LogP contribution in [0.5, 0.6) is 0 Å². The van der Waals surface area contributed by atoms with Crippen molar-refractivity contribution in [2.45, 2.75) is 31.8 Å². The highest BCUT2D eigenvalue weighted by Gasteiger charge is 2.26. The van der Waals surface area contributed by atoms with Crippen molar-refractivity contribution in [3.05, 3.63) is 30.1 Å². The van der Waals surface area contributed by atoms with Gasteiger partial charge in [-0.3, -0.25) is 4.98 Å². The second-order valence-electron chi connectivity index (χ2n) is 5.53. The molecule has 2 N–H and O–H groups in total. The number of pyridine rings is 1. The lowest BCUT2D eigenvalue weighted by atomic mass is 10.1. The Balaban J connectivity index is 1.79. The fraction of sp³-hybridized carbons (Fsp3) is 0.571. The zero-order valence-corrected chi connectivity index (χ0v) is 13.6. The number of nitrogens with one attached hydrogen (secondary N) is 2. The van der Waals surface area contributed by atoms with E-state index in [1.165, 1.54) is 10.6 Å². The fourth-order valence-electron chi connectivity index (χ4n) is 2.46. The second kappa shape index (κ2) is 7.06. The molecule has 1 fully saturated rings. The third-order valence-corrected chi connectivity index (χ3v) is 5.04. The lowest BCUT2D eigenvalue weighted by molar-refractivity contribution is 0.225. The Kier molecular flexibility index (Phi) is 5.36. The van der Waals surface area contributed by atoms with Crippen LogP contribution < -0.4 is 10.6 Å². The summed E-state index contributed by atoms with van der Waals surface area (Å²) in [4.78, 5) is 16.2. The maximum Gasteiger partial charge on any atom is 0.315 e. The van der Waals surface area contributed by atoms with Gasteiger partial charge in [0.2, 0.25) is 10.0 Å². The topological polar surface area (TPSA) is 91.4 Å². The van der Waals surface area contributed by atoms with Crippen molar-refractivity contribution < 1.29 is 13.2 Å². The molecule has 0 radical (unpaired) electrons. The molecule has 0 saturated carbocycles. The van der Waals surface area contributed by atoms with Gasteiger partial charge in [0, 0.05) is 25.3 Å². The average molecular weight is 326 g/mol. The van der Waals surface area contributed by atoms with Crippen molar-refractivity contribution in [1.82, 2.24) is 19.9 Å². The fourth-order valence-corrected chi connectivity index (χ4v) is 3.34. The van der Waals surface area contributed by atoms with Crippen LogP contribution in [0.3, 0.4) is 0 Å². The van der Waals surface area contributed by atoms with Gasteiger partial charge in [-0.1, -0.05) is 6.07 Å². The molecule has 8 heteroatoms. The number of urea groups is 1. The lowest BCUT2D eigenvalue weighted by Gasteiger charge is -2.30. The van der Waals surface area contributed by atoms with Crippen molar-refractivity contribution in [2.24, 2.45) is 0 Å². The number of hydrogen-bond donors (Lipinski definition) is 2. The van der Waals surface area contributed by atoms with Gasteiger partial charge < -0.3 is 10.6 Å². The van der Waals surface area contributed by atoms with Gasteiger partial charge in [0.15, 0.2) is 0 Å². The number of hydrogen-bond acceptors (Lipinski definition) is 4. The lowest BCUT2D eigenvalue weighted by Crippen LogP contribution is -2.49. The van der Waals surface area contributed by atoms with Gasteiger partial charge in [0.05, 0.1) is 18.0 Å². The normalized spacial score (nSPS) is 18.6. The first kappa shape index (κ1) is 16.7. The zero-order chi connectivity index (χ0) is 16.2. The number of carbonyl (C=O) groups is 1. The summed E-state index contributed by atoms with van der Waals surface area (Å²) in [7, 11) is -3.14. The molecule has 1 saturated heterocycles. The third-order valence-electron chi connectivity index (χ3n) is 3.74. The molecule has 0 aliphatic carbocycles. The molecule has 0 aromatic carbocycles. The molecule has 1 aliphatic heterocycles. The molecule has 2 rings (SSSR count). The summed E-state index contributed by atoms with van der Waals surface area (Å²) in [5.41, 5.74) is 0.796. The van der Waals surface area contributed by atoms with Crippen LogP contribution in [0.15, 0.2) is 24.4 Å². The number of carbonyl (C=O) groups excluding carboxylic acids is 1. The summed E-state index contributed by atoms with van der Waals surface area (Å²) in [6.45, 7) is 2.76. The van der Waals surface area contributed by atoms with E-state index in [1.54, 1.807) is 6.20 Å². The minimum absolute atomic E-state index is 0.00562. The number of piperidine rings is 1. The molecule has 7 nitrogen and oxygen atoms in total. The molecule has 122 valence electrons. The molecular formula is C14H22N4O3S. The highest BCUT2D eigenvalue weighted by molar-refractivity contribution is 7.88. The Bertz CT molecular complexity index is 598. The molecule has 2 amide bonds. The van der Waals surface area contributed by atoms with Crippen molar-refractivity contribution >= 4 is 16.1 Å². The highest BCUT2D eigenvalue weighted by atomic mass is 32.2. The van der Waals surface area contributed by atoms with Crippen LogP contribution in [-0.4, -0.2) is 49.1 Å². The van der Waals surface area contributed by atoms with E-state index in [1.807, 2.05) is 25.1 Å². The molecule has 0 bridgehead atoms. The van der Waals surface area contributed by atoms with E-state index < -0.39 is 10.0 Å². The van der Waals surface area contributed by atoms with Gasteiger partial charge in [-0.2, -0.15) is 0 Å². The summed E-state index contributed by atoms with van der Waals surface area (Å²) in [5.74, 6) is 0. The van der Waals surface area contributed by atoms with Gasteiger partial charge in [-0.05, 0) is 31.9 Å². The van der Waals surface area contributed by atoms with Gasteiger partial charge in [0.1, 0.15) is 0 Å². The van der Waals surface area contributed by atoms with Crippen LogP contribution in [0.2, 0.25) is 0 Å². The molecule has 1 aliphatic rings. The minimum Gasteiger partial charge on any atom is -0.335 e. The molecule has 1 aromatic heterocycles. The van der Waals surface area contributed by atoms with Gasteiger partial charge in [0.25, 0.3) is 0 Å². The third kappa shape index (κ3) is 4.67. The Labute approximate surface area is 131 Å². The van der Waals surface area contributed by atoms with E-state index in [0.717, 1.165) is 5.69 Å². The predicted molar refractivity (Wildman–Crippen MR) is 83.8 cm³/mol. The Morgan fingerprint density at radius 1 is 1.36 bits per heavy atom. The van der Waals surface area contributed by atoms with Gasteiger partial charge in [-0.25, -0.2) is 17.5 Å². The quantitative estimate of drug-likeness (QED) is 0.859. The summed E-state index contributed by atoms with van der Waals surface area (Å²) in [6, 6.07) is 5.11. The molecule has 0 unspecified atom stereocenters. The van der Waals surface area contributed by atoms with Crippen molar-refractivity contribution in [1.29, 1.82) is 0 Å². The minimum atomic E-state index is -3.14. The first-order valence-corrected chi connectivity index (χ1v) is 9.14. The SMILES string of the molecule is C[C@H](NC(=O)NC1CCN(S(C)(=O)=O)CC1)c1ccccn1. The van der Waals surface area contributed by atoms with Crippen molar-refractivity contribution in [3.8, 4) is 0 Å². The molecule has 22 heavy (non-hydrogen) atoms. The molecule has 0 spiro atoms. The smallest absolute Gasteiger partial charge is 0.315 e. The summed E-state index contributed by atoms with van der Waals surface area (Å²) >= 11 is 0. The first-order chi connectivity index (χ1) is 10.4. The first-order valence-electron chi connectivity index (χ1n) is 7.29. The molecule has 1 atom stereocenters. The van der Waals surface area contributed by atoms with Crippen LogP contribution in [0.25, 0.3) is 0 Å². The van der Waals surface area contributed by atoms with Crippen LogP contribution >= 0.6 is 0 Å². The van der Waals surface area contributed by atoms with Crippen molar-refractivity contribution in [2.75, 3.05) is 19.3 Å². The van der Waals surface area contributed by atoms with Crippen molar-refractivity contribution in [3.63, 3.8) is 0 Å². The predicted octanol–water partition coefficient (Wildman–Crippen LogP) is 0.866. The van der Waals surface area contributed by atoms with E-state index >= 15 is 0 Å². The van der Waals surface area contributed by atoms with Gasteiger partial charge in [-0.15, -0.1) is 0 Å². The highest BCUT2D eigenvalue weighted by Crippen LogP contribution is 2.13. The maximum absolute atomic E-state index is 12.0. The molecule has 1 aromatic rings. The molecule has 2 heterocycles. The van der Waals surface area contributed by atoms with E-state index in [4.69, 9.17) is 0 Å². The van der Waals surface area contributed by atoms with Gasteiger partial charge >= 0.3 is 6.03 Å². The van der Waals surface area contributed by atoms with E-state index in [-0.39, 0.29) is 18.1 Å². The van der Waals surface area contributed by atoms with Crippen LogP contribution in [0.4, 0.5) is 4.79 Å². The summed E-state index contributed by atoms with van der Waals surface area (Å²) in [6.07, 6.45) is 4.14. The Morgan fingerprint density at radius 2 is 2.05 bits per heavy atom. The van der Waals surface area contributed by atoms with E-state index in [0.29, 0.717) is 25.9 Å². The number of nitrogens with zero attached hydrogens (tertiary/aromatic N) is 2. The Morgan fingerprint density at radius 3 is 2.59 bits per heavy atom. The van der Waals surface area contributed by atoms with E-state index in [9.17, 15) is 13.2 Å². The number of rotatable bonds is 4. The van der Waals surface area contributed by atoms with Crippen LogP contribution in [-0.2, 0) is 10.0 Å². The zero-order valence-electron chi connectivity index (χ0n) is 12.8. The number of aromatic nitrogens is 1. The number of amides is 2. The van der Waals surface area contributed by atoms with E-state index in [2.05, 4.69) is 15.6 Å². The van der Waals surface area contributed by atoms with Crippen LogP contribution in [0.1, 0.15) is 31.5 Å². The summed E-state index contributed by atoms with van der Waals surface area (Å²) in [5, 5.41) is 5.73.